The minimum Gasteiger partial charge on any atom is -0.368 e. The Balaban J connectivity index is 1.72. The predicted octanol–water partition coefficient (Wildman–Crippen LogP) is 0.689. The van der Waals surface area contributed by atoms with Gasteiger partial charge in [-0.2, -0.15) is 10.4 Å². The molecule has 1 aliphatic carbocycles. The van der Waals surface area contributed by atoms with E-state index in [2.05, 4.69) is 28.0 Å². The molecule has 1 saturated heterocycles. The van der Waals surface area contributed by atoms with Gasteiger partial charge in [0, 0.05) is 44.1 Å². The van der Waals surface area contributed by atoms with E-state index in [9.17, 15) is 4.79 Å². The van der Waals surface area contributed by atoms with Gasteiger partial charge in [0.1, 0.15) is 0 Å². The summed E-state index contributed by atoms with van der Waals surface area (Å²) in [6.07, 6.45) is 4.35. The topological polar surface area (TPSA) is 65.2 Å². The van der Waals surface area contributed by atoms with Gasteiger partial charge >= 0.3 is 0 Å². The van der Waals surface area contributed by atoms with Gasteiger partial charge in [0.2, 0.25) is 0 Å². The number of hydrogen-bond donors (Lipinski definition) is 0. The number of hydrogen-bond acceptors (Lipinski definition) is 5. The first-order valence-electron chi connectivity index (χ1n) is 7.50. The molecule has 2 aliphatic rings. The Hall–Kier alpha value is -1.87. The third-order valence-corrected chi connectivity index (χ3v) is 4.62. The molecule has 1 saturated carbocycles. The van der Waals surface area contributed by atoms with E-state index in [1.807, 2.05) is 0 Å². The number of nitriles is 1. The Labute approximate surface area is 124 Å². The molecule has 1 aromatic heterocycles. The molecular formula is C15H21N5O. The van der Waals surface area contributed by atoms with Crippen molar-refractivity contribution in [2.45, 2.75) is 25.8 Å². The first-order chi connectivity index (χ1) is 10.1. The van der Waals surface area contributed by atoms with Crippen molar-refractivity contribution in [2.75, 3.05) is 38.1 Å². The Bertz CT molecular complexity index is 605. The van der Waals surface area contributed by atoms with Crippen molar-refractivity contribution < 1.29 is 0 Å². The largest absolute Gasteiger partial charge is 0.368 e. The van der Waals surface area contributed by atoms with Crippen LogP contribution in [-0.2, 0) is 6.54 Å². The molecule has 0 radical (unpaired) electrons. The van der Waals surface area contributed by atoms with Crippen molar-refractivity contribution in [1.29, 1.82) is 5.26 Å². The molecule has 3 rings (SSSR count). The zero-order valence-electron chi connectivity index (χ0n) is 12.5. The van der Waals surface area contributed by atoms with E-state index in [0.717, 1.165) is 44.7 Å². The van der Waals surface area contributed by atoms with Crippen LogP contribution in [0.25, 0.3) is 0 Å². The molecule has 21 heavy (non-hydrogen) atoms. The van der Waals surface area contributed by atoms with Crippen LogP contribution >= 0.6 is 0 Å². The number of nitrogens with zero attached hydrogens (tertiary/aromatic N) is 5. The first kappa shape index (κ1) is 14.1. The van der Waals surface area contributed by atoms with Crippen molar-refractivity contribution >= 4 is 5.69 Å². The molecule has 6 nitrogen and oxygen atoms in total. The second-order valence-electron chi connectivity index (χ2n) is 6.33. The summed E-state index contributed by atoms with van der Waals surface area (Å²) < 4.78 is 1.52. The van der Waals surface area contributed by atoms with Crippen molar-refractivity contribution in [3.05, 3.63) is 22.6 Å². The van der Waals surface area contributed by atoms with Gasteiger partial charge in [-0.3, -0.25) is 4.79 Å². The summed E-state index contributed by atoms with van der Waals surface area (Å²) in [4.78, 5) is 16.7. The van der Waals surface area contributed by atoms with Crippen LogP contribution in [0.3, 0.4) is 0 Å². The third-order valence-electron chi connectivity index (χ3n) is 4.62. The van der Waals surface area contributed by atoms with Crippen molar-refractivity contribution in [3.63, 3.8) is 0 Å². The van der Waals surface area contributed by atoms with Crippen LogP contribution in [-0.4, -0.2) is 47.9 Å². The molecule has 0 unspecified atom stereocenters. The van der Waals surface area contributed by atoms with Gasteiger partial charge in [-0.05, 0) is 19.9 Å². The average molecular weight is 287 g/mol. The number of aromatic nitrogens is 2. The summed E-state index contributed by atoms with van der Waals surface area (Å²) in [5.41, 5.74) is 0.853. The van der Waals surface area contributed by atoms with Gasteiger partial charge in [-0.25, -0.2) is 4.68 Å². The van der Waals surface area contributed by atoms with Crippen LogP contribution in [0.4, 0.5) is 5.69 Å². The second kappa shape index (κ2) is 5.49. The molecule has 0 amide bonds. The molecule has 0 spiro atoms. The van der Waals surface area contributed by atoms with E-state index in [1.165, 1.54) is 4.68 Å². The van der Waals surface area contributed by atoms with E-state index in [1.54, 1.807) is 12.3 Å². The number of likely N-dealkylation sites (N-methyl/N-ethyl adjacent to an activating group) is 1. The van der Waals surface area contributed by atoms with E-state index in [0.29, 0.717) is 13.0 Å². The van der Waals surface area contributed by atoms with Crippen LogP contribution in [0.15, 0.2) is 17.1 Å². The zero-order chi connectivity index (χ0) is 14.9. The summed E-state index contributed by atoms with van der Waals surface area (Å²) in [5, 5.41) is 13.2. The summed E-state index contributed by atoms with van der Waals surface area (Å²) in [7, 11) is 2.11. The van der Waals surface area contributed by atoms with Crippen molar-refractivity contribution in [1.82, 2.24) is 14.7 Å². The molecule has 0 aromatic carbocycles. The molecular weight excluding hydrogens is 266 g/mol. The first-order valence-corrected chi connectivity index (χ1v) is 7.50. The van der Waals surface area contributed by atoms with Crippen molar-refractivity contribution in [3.8, 4) is 6.07 Å². The van der Waals surface area contributed by atoms with E-state index in [4.69, 9.17) is 5.26 Å². The lowest BCUT2D eigenvalue weighted by molar-refractivity contribution is 0.312. The number of rotatable bonds is 4. The molecule has 1 aromatic rings. The highest BCUT2D eigenvalue weighted by Gasteiger charge is 2.43. The highest BCUT2D eigenvalue weighted by molar-refractivity contribution is 5.43. The Kier molecular flexibility index (Phi) is 3.68. The summed E-state index contributed by atoms with van der Waals surface area (Å²) in [5.74, 6) is 0. The van der Waals surface area contributed by atoms with Gasteiger partial charge in [-0.15, -0.1) is 0 Å². The third kappa shape index (κ3) is 3.08. The Morgan fingerprint density at radius 3 is 2.62 bits per heavy atom. The van der Waals surface area contributed by atoms with Crippen LogP contribution in [0.1, 0.15) is 19.3 Å². The lowest BCUT2D eigenvalue weighted by atomic mass is 10.0. The Morgan fingerprint density at radius 1 is 1.33 bits per heavy atom. The lowest BCUT2D eigenvalue weighted by Crippen LogP contribution is -2.45. The minimum atomic E-state index is -0.0596. The smallest absolute Gasteiger partial charge is 0.268 e. The standard InChI is InChI=1S/C15H21N5O/c1-18-6-8-19(9-7-18)13-10-14(21)20(17-11-13)12-15(2-3-15)4-5-16/h10-11H,2-4,6-9,12H2,1H3. The summed E-state index contributed by atoms with van der Waals surface area (Å²) in [6, 6.07) is 3.90. The molecule has 112 valence electrons. The maximum atomic E-state index is 12.2. The molecule has 0 N–H and O–H groups in total. The van der Waals surface area contributed by atoms with Gasteiger partial charge in [-0.1, -0.05) is 0 Å². The summed E-state index contributed by atoms with van der Waals surface area (Å²) >= 11 is 0. The minimum absolute atomic E-state index is 0.000922. The zero-order valence-corrected chi connectivity index (χ0v) is 12.5. The lowest BCUT2D eigenvalue weighted by Gasteiger charge is -2.33. The highest BCUT2D eigenvalue weighted by Crippen LogP contribution is 2.49. The molecule has 2 fully saturated rings. The quantitative estimate of drug-likeness (QED) is 0.815. The Morgan fingerprint density at radius 2 is 2.05 bits per heavy atom. The van der Waals surface area contributed by atoms with Crippen LogP contribution in [0.5, 0.6) is 0 Å². The molecule has 0 atom stereocenters. The summed E-state index contributed by atoms with van der Waals surface area (Å²) in [6.45, 7) is 4.45. The number of anilines is 1. The van der Waals surface area contributed by atoms with Gasteiger partial charge in [0.15, 0.2) is 0 Å². The van der Waals surface area contributed by atoms with Crippen LogP contribution < -0.4 is 10.5 Å². The van der Waals surface area contributed by atoms with Crippen molar-refractivity contribution in [2.24, 2.45) is 5.41 Å². The van der Waals surface area contributed by atoms with Gasteiger partial charge in [0.25, 0.3) is 5.56 Å². The van der Waals surface area contributed by atoms with Crippen LogP contribution in [0.2, 0.25) is 0 Å². The molecule has 1 aliphatic heterocycles. The molecule has 6 heteroatoms. The van der Waals surface area contributed by atoms with E-state index < -0.39 is 0 Å². The van der Waals surface area contributed by atoms with E-state index >= 15 is 0 Å². The van der Waals surface area contributed by atoms with Crippen LogP contribution in [0, 0.1) is 16.7 Å². The fourth-order valence-electron chi connectivity index (χ4n) is 2.83. The van der Waals surface area contributed by atoms with Gasteiger partial charge < -0.3 is 9.80 Å². The fourth-order valence-corrected chi connectivity index (χ4v) is 2.83. The molecule has 2 heterocycles. The maximum Gasteiger partial charge on any atom is 0.268 e. The highest BCUT2D eigenvalue weighted by atomic mass is 16.1. The van der Waals surface area contributed by atoms with Gasteiger partial charge in [0.05, 0.1) is 24.5 Å². The fraction of sp³-hybridized carbons (Fsp3) is 0.667. The van der Waals surface area contributed by atoms with E-state index in [-0.39, 0.29) is 11.0 Å². The predicted molar refractivity (Wildman–Crippen MR) is 80.1 cm³/mol. The maximum absolute atomic E-state index is 12.2. The monoisotopic (exact) mass is 287 g/mol. The SMILES string of the molecule is CN1CCN(c2cnn(CC3(CC#N)CC3)c(=O)c2)CC1. The normalized spacial score (nSPS) is 21.0. The molecule has 0 bridgehead atoms. The average Bonchev–Trinajstić information content (AvgIpc) is 3.22. The number of piperazine rings is 1. The second-order valence-corrected chi connectivity index (χ2v) is 6.33.